The van der Waals surface area contributed by atoms with Crippen molar-refractivity contribution >= 4 is 63.0 Å². The third kappa shape index (κ3) is 35.4. The first-order valence-electron chi connectivity index (χ1n) is 1.17. The standard InChI is InChI=1S/C3H5.3H2S.Sn/c1-3-2;;;;/h3H,1-2H2;3*1H2;/q;;;;+3/p-3. The number of hydrogen-bond acceptors (Lipinski definition) is 3. The Balaban J connectivity index is -0.0000000150. The predicted molar refractivity (Wildman–Crippen MR) is 47.0 cm³/mol. The van der Waals surface area contributed by atoms with E-state index in [1.807, 2.05) is 6.08 Å². The van der Waals surface area contributed by atoms with Crippen LogP contribution in [0.1, 0.15) is 0 Å². The molecule has 4 heteroatoms. The van der Waals surface area contributed by atoms with Crippen molar-refractivity contribution in [2.45, 2.75) is 4.44 Å². The predicted octanol–water partition coefficient (Wildman–Crippen LogP) is -0.0511. The molecule has 0 aromatic carbocycles. The van der Waals surface area contributed by atoms with Crippen molar-refractivity contribution in [3.05, 3.63) is 12.7 Å². The van der Waals surface area contributed by atoms with E-state index in [1.54, 1.807) is 22.5 Å². The average molecular weight is 259 g/mol. The zero-order chi connectivity index (χ0) is 3.41. The second-order valence-corrected chi connectivity index (χ2v) is 1.66. The van der Waals surface area contributed by atoms with Gasteiger partial charge in [0.25, 0.3) is 0 Å². The molecule has 0 radical (unpaired) electrons. The molecule has 0 spiro atoms. The van der Waals surface area contributed by atoms with Gasteiger partial charge in [0.2, 0.25) is 0 Å². The van der Waals surface area contributed by atoms with Gasteiger partial charge in [-0.25, -0.2) is 0 Å². The minimum absolute atomic E-state index is 0. The van der Waals surface area contributed by atoms with Crippen molar-refractivity contribution < 1.29 is 0 Å². The molecule has 0 aliphatic heterocycles. The van der Waals surface area contributed by atoms with Crippen LogP contribution in [0.5, 0.6) is 0 Å². The summed E-state index contributed by atoms with van der Waals surface area (Å²) in [6.45, 7) is 3.50. The molecular weight excluding hydrogens is 251 g/mol. The summed E-state index contributed by atoms with van der Waals surface area (Å²) in [5.41, 5.74) is 0. The Labute approximate surface area is 79.6 Å². The van der Waals surface area contributed by atoms with Gasteiger partial charge in [0, 0.05) is 0 Å². The minimum Gasteiger partial charge on any atom is -0.813 e. The molecule has 0 aromatic rings. The number of allylic oxidation sites excluding steroid dienone is 1. The zero-order valence-electron chi connectivity index (χ0n) is 3.83. The molecule has 0 aliphatic carbocycles. The van der Waals surface area contributed by atoms with Crippen LogP contribution in [0.25, 0.3) is 0 Å². The van der Waals surface area contributed by atoms with Crippen LogP contribution in [0.15, 0.2) is 12.7 Å². The molecule has 0 unspecified atom stereocenters. The monoisotopic (exact) mass is 260 g/mol. The van der Waals surface area contributed by atoms with Gasteiger partial charge in [0.05, 0.1) is 0 Å². The second kappa shape index (κ2) is 25.6. The van der Waals surface area contributed by atoms with Gasteiger partial charge in [-0.2, -0.15) is 0 Å². The molecule has 42 valence electrons. The smallest absolute Gasteiger partial charge is 0.813 e. The van der Waals surface area contributed by atoms with Gasteiger partial charge in [-0.1, -0.05) is 0 Å². The quantitative estimate of drug-likeness (QED) is 0.280. The fourth-order valence-corrected chi connectivity index (χ4v) is 0. The Morgan fingerprint density at radius 3 is 1.43 bits per heavy atom. The molecular formula is C3H8S3Sn. The normalized spacial score (nSPS) is 3.71. The number of thiol groups is 3. The molecule has 0 aromatic heterocycles. The van der Waals surface area contributed by atoms with Crippen molar-refractivity contribution in [3.63, 3.8) is 0 Å². The first-order valence-corrected chi connectivity index (χ1v) is 3.19. The van der Waals surface area contributed by atoms with E-state index < -0.39 is 0 Å². The fraction of sp³-hybridized carbons (Fsp3) is 0.333. The van der Waals surface area contributed by atoms with Gasteiger partial charge in [-0.05, 0) is 0 Å². The maximum absolute atomic E-state index is 3.50. The van der Waals surface area contributed by atoms with Crippen LogP contribution in [0.3, 0.4) is 0 Å². The SMILES string of the molecule is C=C[CH2][Sn+3].[SH-].[SH-].[SH-]. The second-order valence-electron chi connectivity index (χ2n) is 0.493. The van der Waals surface area contributed by atoms with Crippen LogP contribution in [-0.2, 0) is 40.5 Å². The van der Waals surface area contributed by atoms with Crippen LogP contribution in [-0.4, -0.2) is 22.5 Å². The Hall–Kier alpha value is 1.59. The molecule has 0 saturated carbocycles. The van der Waals surface area contributed by atoms with E-state index >= 15 is 0 Å². The maximum Gasteiger partial charge on any atom is -0.813 e. The van der Waals surface area contributed by atoms with Crippen LogP contribution in [0.2, 0.25) is 4.44 Å². The van der Waals surface area contributed by atoms with Gasteiger partial charge in [-0.15, -0.1) is 0 Å². The fourth-order valence-electron chi connectivity index (χ4n) is 0. The summed E-state index contributed by atoms with van der Waals surface area (Å²) in [4.78, 5) is 0. The van der Waals surface area contributed by atoms with E-state index in [-0.39, 0.29) is 40.5 Å². The summed E-state index contributed by atoms with van der Waals surface area (Å²) >= 11 is 1.55. The number of rotatable bonds is 1. The van der Waals surface area contributed by atoms with Crippen molar-refractivity contribution in [1.82, 2.24) is 0 Å². The zero-order valence-corrected chi connectivity index (χ0v) is 9.37. The summed E-state index contributed by atoms with van der Waals surface area (Å²) in [6, 6.07) is 0. The molecule has 0 amide bonds. The van der Waals surface area contributed by atoms with E-state index in [1.165, 1.54) is 4.44 Å². The Bertz CT molecular complexity index is 24.1. The molecule has 0 aliphatic rings. The molecule has 0 saturated heterocycles. The molecule has 0 atom stereocenters. The van der Waals surface area contributed by atoms with Crippen molar-refractivity contribution in [3.8, 4) is 0 Å². The summed E-state index contributed by atoms with van der Waals surface area (Å²) in [5.74, 6) is 0. The molecule has 0 bridgehead atoms. The Kier molecular flexibility index (Phi) is 85.8. The van der Waals surface area contributed by atoms with Crippen LogP contribution in [0.4, 0.5) is 0 Å². The van der Waals surface area contributed by atoms with Crippen molar-refractivity contribution in [1.29, 1.82) is 0 Å². The Morgan fingerprint density at radius 1 is 1.29 bits per heavy atom. The first-order chi connectivity index (χ1) is 1.91. The molecule has 7 heavy (non-hydrogen) atoms. The first kappa shape index (κ1) is 23.5. The average Bonchev–Trinajstić information content (AvgIpc) is 1.37. The topological polar surface area (TPSA) is 0 Å². The minimum atomic E-state index is 0. The molecule has 0 N–H and O–H groups in total. The summed E-state index contributed by atoms with van der Waals surface area (Å²) < 4.78 is 1.17. The number of hydrogen-bond donors (Lipinski definition) is 0. The van der Waals surface area contributed by atoms with E-state index in [9.17, 15) is 0 Å². The van der Waals surface area contributed by atoms with Crippen LogP contribution in [0, 0.1) is 0 Å². The maximum atomic E-state index is 3.50. The Morgan fingerprint density at radius 2 is 1.43 bits per heavy atom. The van der Waals surface area contributed by atoms with Gasteiger partial charge in [-0.3, -0.25) is 0 Å². The van der Waals surface area contributed by atoms with Gasteiger partial charge >= 0.3 is 39.6 Å². The van der Waals surface area contributed by atoms with Gasteiger partial charge in [0.1, 0.15) is 0 Å². The largest absolute Gasteiger partial charge is 0.813 e. The van der Waals surface area contributed by atoms with Crippen LogP contribution < -0.4 is 0 Å². The van der Waals surface area contributed by atoms with E-state index in [4.69, 9.17) is 0 Å². The van der Waals surface area contributed by atoms with Crippen LogP contribution >= 0.6 is 0 Å². The van der Waals surface area contributed by atoms with Crippen molar-refractivity contribution in [2.24, 2.45) is 0 Å². The third-order valence-corrected chi connectivity index (χ3v) is 0.968. The summed E-state index contributed by atoms with van der Waals surface area (Å²) in [6.07, 6.45) is 1.92. The third-order valence-electron chi connectivity index (χ3n) is 0.144. The molecule has 0 nitrogen and oxygen atoms in total. The van der Waals surface area contributed by atoms with E-state index in [0.29, 0.717) is 0 Å². The molecule has 0 fully saturated rings. The molecule has 0 heterocycles. The van der Waals surface area contributed by atoms with Gasteiger partial charge < -0.3 is 40.5 Å². The summed E-state index contributed by atoms with van der Waals surface area (Å²) in [7, 11) is 0. The van der Waals surface area contributed by atoms with E-state index in [0.717, 1.165) is 0 Å². The van der Waals surface area contributed by atoms with Gasteiger partial charge in [0.15, 0.2) is 0 Å². The summed E-state index contributed by atoms with van der Waals surface area (Å²) in [5, 5.41) is 0. The van der Waals surface area contributed by atoms with E-state index in [2.05, 4.69) is 6.58 Å². The molecule has 0 rings (SSSR count). The van der Waals surface area contributed by atoms with Crippen molar-refractivity contribution in [2.75, 3.05) is 0 Å².